The smallest absolute Gasteiger partial charge is 0.330 e. The predicted octanol–water partition coefficient (Wildman–Crippen LogP) is 1.12. The third-order valence-electron chi connectivity index (χ3n) is 6.16. The molecule has 1 aliphatic heterocycles. The number of anilines is 1. The highest BCUT2D eigenvalue weighted by Crippen LogP contribution is 2.25. The van der Waals surface area contributed by atoms with Crippen molar-refractivity contribution in [2.24, 2.45) is 7.05 Å². The van der Waals surface area contributed by atoms with Gasteiger partial charge >= 0.3 is 5.69 Å². The van der Waals surface area contributed by atoms with Gasteiger partial charge in [0.1, 0.15) is 11.3 Å². The summed E-state index contributed by atoms with van der Waals surface area (Å²) in [6.07, 6.45) is 4.71. The summed E-state index contributed by atoms with van der Waals surface area (Å²) in [7, 11) is 1.69. The van der Waals surface area contributed by atoms with Gasteiger partial charge in [0.25, 0.3) is 0 Å². The third-order valence-corrected chi connectivity index (χ3v) is 6.34. The Morgan fingerprint density at radius 3 is 2.78 bits per heavy atom. The second-order valence-electron chi connectivity index (χ2n) is 8.10. The molecule has 5 rings (SSSR count). The van der Waals surface area contributed by atoms with Crippen LogP contribution in [-0.2, 0) is 18.3 Å². The second-order valence-corrected chi connectivity index (χ2v) is 8.44. The molecular weight excluding hydrogens is 434 g/mol. The molecule has 4 aromatic rings. The number of imidazole rings is 1. The molecule has 0 spiro atoms. The summed E-state index contributed by atoms with van der Waals surface area (Å²) in [6.45, 7) is 2.96. The van der Waals surface area contributed by atoms with Crippen LogP contribution in [0.2, 0.25) is 5.28 Å². The van der Waals surface area contributed by atoms with E-state index in [1.54, 1.807) is 33.3 Å². The fourth-order valence-electron chi connectivity index (χ4n) is 4.28. The number of carbonyl (C=O) groups is 1. The summed E-state index contributed by atoms with van der Waals surface area (Å²) >= 11 is 5.96. The van der Waals surface area contributed by atoms with Crippen molar-refractivity contribution in [2.45, 2.75) is 32.2 Å². The number of nitrogen functional groups attached to an aromatic ring is 1. The molecule has 1 fully saturated rings. The lowest BCUT2D eigenvalue weighted by molar-refractivity contribution is -0.131. The molecule has 166 valence electrons. The number of rotatable bonds is 3. The van der Waals surface area contributed by atoms with E-state index in [2.05, 4.69) is 20.2 Å². The molecule has 1 amide bonds. The van der Waals surface area contributed by atoms with Gasteiger partial charge in [0.15, 0.2) is 11.3 Å². The Kier molecular flexibility index (Phi) is 4.85. The van der Waals surface area contributed by atoms with Gasteiger partial charge in [-0.25, -0.2) is 9.78 Å². The number of aryl methyl sites for hydroxylation is 2. The van der Waals surface area contributed by atoms with Crippen LogP contribution in [0.4, 0.5) is 5.69 Å². The lowest BCUT2D eigenvalue weighted by Gasteiger charge is -2.32. The summed E-state index contributed by atoms with van der Waals surface area (Å²) in [5.41, 5.74) is 9.19. The number of amides is 1. The van der Waals surface area contributed by atoms with Crippen molar-refractivity contribution in [3.63, 3.8) is 0 Å². The van der Waals surface area contributed by atoms with Crippen molar-refractivity contribution in [3.05, 3.63) is 45.6 Å². The molecule has 4 aromatic heterocycles. The fourth-order valence-corrected chi connectivity index (χ4v) is 4.41. The first kappa shape index (κ1) is 20.4. The second kappa shape index (κ2) is 7.59. The van der Waals surface area contributed by atoms with Crippen LogP contribution in [0.5, 0.6) is 0 Å². The topological polar surface area (TPSA) is 129 Å². The van der Waals surface area contributed by atoms with E-state index in [1.165, 1.54) is 4.57 Å². The zero-order valence-corrected chi connectivity index (χ0v) is 18.5. The molecule has 11 nitrogen and oxygen atoms in total. The highest BCUT2D eigenvalue weighted by atomic mass is 35.5. The number of halogens is 1. The number of piperidine rings is 1. The maximum atomic E-state index is 12.9. The summed E-state index contributed by atoms with van der Waals surface area (Å²) in [5, 5.41) is 8.41. The zero-order valence-electron chi connectivity index (χ0n) is 17.7. The van der Waals surface area contributed by atoms with Crippen LogP contribution in [0.1, 0.15) is 30.3 Å². The van der Waals surface area contributed by atoms with E-state index in [0.717, 1.165) is 5.56 Å². The zero-order chi connectivity index (χ0) is 22.6. The fraction of sp³-hybridized carbons (Fsp3) is 0.400. The Hall–Kier alpha value is -3.47. The van der Waals surface area contributed by atoms with Crippen LogP contribution < -0.4 is 11.4 Å². The Balaban J connectivity index is 1.32. The first-order valence-corrected chi connectivity index (χ1v) is 10.7. The van der Waals surface area contributed by atoms with Crippen LogP contribution in [-0.4, -0.2) is 57.6 Å². The lowest BCUT2D eigenvalue weighted by atomic mass is 10.0. The van der Waals surface area contributed by atoms with E-state index in [1.807, 2.05) is 13.0 Å². The third kappa shape index (κ3) is 3.29. The van der Waals surface area contributed by atoms with Crippen LogP contribution in [0.15, 0.2) is 23.3 Å². The quantitative estimate of drug-likeness (QED) is 0.458. The molecule has 0 aromatic carbocycles. The van der Waals surface area contributed by atoms with Crippen molar-refractivity contribution in [2.75, 3.05) is 18.8 Å². The first-order chi connectivity index (χ1) is 15.3. The van der Waals surface area contributed by atoms with E-state index in [0.29, 0.717) is 54.3 Å². The van der Waals surface area contributed by atoms with Crippen LogP contribution in [0, 0.1) is 6.92 Å². The number of likely N-dealkylation sites (tertiary alicyclic amines) is 1. The minimum atomic E-state index is -0.163. The van der Waals surface area contributed by atoms with Crippen LogP contribution in [0.25, 0.3) is 16.8 Å². The van der Waals surface area contributed by atoms with Gasteiger partial charge in [0.2, 0.25) is 11.2 Å². The SMILES string of the molecule is Cc1cc2nnc(CC(=O)N3CCC(n4c(=O)n(C)c5cnc(Cl)nc54)CC3)n2cc1N. The number of nitrogens with zero attached hydrogens (tertiary/aromatic N) is 8. The minimum Gasteiger partial charge on any atom is -0.397 e. The lowest BCUT2D eigenvalue weighted by Crippen LogP contribution is -2.41. The number of hydrogen-bond acceptors (Lipinski definition) is 7. The molecule has 12 heteroatoms. The van der Waals surface area contributed by atoms with Crippen molar-refractivity contribution >= 4 is 40.0 Å². The molecule has 1 aliphatic rings. The number of aromatic nitrogens is 7. The molecule has 5 heterocycles. The molecule has 0 saturated carbocycles. The van der Waals surface area contributed by atoms with E-state index in [-0.39, 0.29) is 29.3 Å². The van der Waals surface area contributed by atoms with Gasteiger partial charge in [-0.3, -0.25) is 18.3 Å². The molecule has 2 N–H and O–H groups in total. The molecule has 0 bridgehead atoms. The average Bonchev–Trinajstić information content (AvgIpc) is 3.26. The Bertz CT molecular complexity index is 1410. The standard InChI is InChI=1S/C20H22ClN9O2/c1-11-7-15-25-26-16(29(15)10-13(11)22)8-17(31)28-5-3-12(4-6-28)30-18-14(27(2)20(30)32)9-23-19(21)24-18/h7,9-10,12H,3-6,8,22H2,1-2H3. The monoisotopic (exact) mass is 455 g/mol. The highest BCUT2D eigenvalue weighted by Gasteiger charge is 2.28. The van der Waals surface area contributed by atoms with Gasteiger partial charge in [-0.2, -0.15) is 4.98 Å². The van der Waals surface area contributed by atoms with Crippen LogP contribution >= 0.6 is 11.6 Å². The molecule has 0 radical (unpaired) electrons. The van der Waals surface area contributed by atoms with Gasteiger partial charge in [-0.15, -0.1) is 10.2 Å². The number of hydrogen-bond donors (Lipinski definition) is 1. The van der Waals surface area contributed by atoms with E-state index < -0.39 is 0 Å². The average molecular weight is 456 g/mol. The molecule has 0 aliphatic carbocycles. The maximum absolute atomic E-state index is 12.9. The number of fused-ring (bicyclic) bond motifs is 2. The van der Waals surface area contributed by atoms with Crippen LogP contribution in [0.3, 0.4) is 0 Å². The van der Waals surface area contributed by atoms with E-state index >= 15 is 0 Å². The largest absolute Gasteiger partial charge is 0.397 e. The van der Waals surface area contributed by atoms with Gasteiger partial charge in [-0.1, -0.05) is 0 Å². The van der Waals surface area contributed by atoms with E-state index in [9.17, 15) is 9.59 Å². The Labute approximate surface area is 187 Å². The van der Waals surface area contributed by atoms with Crippen molar-refractivity contribution in [1.82, 2.24) is 38.6 Å². The Morgan fingerprint density at radius 1 is 1.28 bits per heavy atom. The van der Waals surface area contributed by atoms with Crippen molar-refractivity contribution in [3.8, 4) is 0 Å². The van der Waals surface area contributed by atoms with Crippen molar-refractivity contribution < 1.29 is 4.79 Å². The van der Waals surface area contributed by atoms with E-state index in [4.69, 9.17) is 17.3 Å². The van der Waals surface area contributed by atoms with Gasteiger partial charge < -0.3 is 10.6 Å². The number of nitrogens with two attached hydrogens (primary N) is 1. The number of carbonyl (C=O) groups excluding carboxylic acids is 1. The van der Waals surface area contributed by atoms with Gasteiger partial charge in [0.05, 0.1) is 18.3 Å². The molecule has 1 saturated heterocycles. The predicted molar refractivity (Wildman–Crippen MR) is 118 cm³/mol. The van der Waals surface area contributed by atoms with Gasteiger partial charge in [-0.05, 0) is 43.0 Å². The summed E-state index contributed by atoms with van der Waals surface area (Å²) in [4.78, 5) is 35.8. The molecule has 0 atom stereocenters. The normalized spacial score (nSPS) is 15.2. The van der Waals surface area contributed by atoms with Gasteiger partial charge in [0, 0.05) is 32.4 Å². The molecule has 0 unspecified atom stereocenters. The summed E-state index contributed by atoms with van der Waals surface area (Å²) in [5.74, 6) is 0.517. The summed E-state index contributed by atoms with van der Waals surface area (Å²) in [6, 6.07) is 1.78. The molecule has 32 heavy (non-hydrogen) atoms. The highest BCUT2D eigenvalue weighted by molar-refractivity contribution is 6.28. The maximum Gasteiger partial charge on any atom is 0.330 e. The Morgan fingerprint density at radius 2 is 2.03 bits per heavy atom. The van der Waals surface area contributed by atoms with Crippen molar-refractivity contribution in [1.29, 1.82) is 0 Å². The number of pyridine rings is 1. The summed E-state index contributed by atoms with van der Waals surface area (Å²) < 4.78 is 4.95. The minimum absolute atomic E-state index is 0.0347. The molecular formula is C20H22ClN9O2. The first-order valence-electron chi connectivity index (χ1n) is 10.3.